The summed E-state index contributed by atoms with van der Waals surface area (Å²) >= 11 is 0. The summed E-state index contributed by atoms with van der Waals surface area (Å²) in [6.45, 7) is 10.4. The Hall–Kier alpha value is -1.95. The van der Waals surface area contributed by atoms with Gasteiger partial charge in [-0.25, -0.2) is 4.99 Å². The molecule has 0 saturated carbocycles. The Morgan fingerprint density at radius 3 is 2.54 bits per heavy atom. The van der Waals surface area contributed by atoms with E-state index in [1.807, 2.05) is 18.2 Å². The van der Waals surface area contributed by atoms with Crippen molar-refractivity contribution in [2.24, 2.45) is 10.9 Å². The summed E-state index contributed by atoms with van der Waals surface area (Å²) < 4.78 is 10.6. The highest BCUT2D eigenvalue weighted by Crippen LogP contribution is 2.27. The molecule has 0 radical (unpaired) electrons. The zero-order valence-electron chi connectivity index (χ0n) is 16.7. The third kappa shape index (κ3) is 6.41. The SMILES string of the molecule is CCNC(=NCc1ccc(OC)c(OC)c1)NCC(C)CN1CCCC1. The van der Waals surface area contributed by atoms with Crippen LogP contribution in [0.25, 0.3) is 0 Å². The Balaban J connectivity index is 1.88. The summed E-state index contributed by atoms with van der Waals surface area (Å²) in [5.74, 6) is 2.92. The van der Waals surface area contributed by atoms with Gasteiger partial charge in [0, 0.05) is 19.6 Å². The van der Waals surface area contributed by atoms with Gasteiger partial charge in [-0.2, -0.15) is 0 Å². The molecule has 1 fully saturated rings. The van der Waals surface area contributed by atoms with Crippen molar-refractivity contribution in [3.8, 4) is 11.5 Å². The Morgan fingerprint density at radius 1 is 1.15 bits per heavy atom. The second-order valence-corrected chi connectivity index (χ2v) is 6.88. The topological polar surface area (TPSA) is 58.1 Å². The van der Waals surface area contributed by atoms with Gasteiger partial charge in [-0.15, -0.1) is 0 Å². The summed E-state index contributed by atoms with van der Waals surface area (Å²) in [6.07, 6.45) is 2.69. The fraction of sp³-hybridized carbons (Fsp3) is 0.650. The van der Waals surface area contributed by atoms with Crippen molar-refractivity contribution < 1.29 is 9.47 Å². The minimum absolute atomic E-state index is 0.593. The minimum atomic E-state index is 0.593. The molecule has 0 aromatic heterocycles. The number of hydrogen-bond donors (Lipinski definition) is 2. The molecule has 0 aliphatic carbocycles. The van der Waals surface area contributed by atoms with E-state index in [0.29, 0.717) is 12.5 Å². The van der Waals surface area contributed by atoms with Gasteiger partial charge < -0.3 is 25.0 Å². The molecule has 1 heterocycles. The van der Waals surface area contributed by atoms with Gasteiger partial charge in [-0.3, -0.25) is 0 Å². The molecule has 6 heteroatoms. The fourth-order valence-electron chi connectivity index (χ4n) is 3.23. The molecule has 6 nitrogen and oxygen atoms in total. The average molecular weight is 363 g/mol. The Kier molecular flexibility index (Phi) is 8.54. The molecule has 2 N–H and O–H groups in total. The highest BCUT2D eigenvalue weighted by Gasteiger charge is 2.14. The van der Waals surface area contributed by atoms with Crippen LogP contribution in [0.4, 0.5) is 0 Å². The summed E-state index contributed by atoms with van der Waals surface area (Å²) in [6, 6.07) is 5.91. The van der Waals surface area contributed by atoms with Crippen molar-refractivity contribution in [3.63, 3.8) is 0 Å². The van der Waals surface area contributed by atoms with Gasteiger partial charge in [0.25, 0.3) is 0 Å². The number of nitrogens with one attached hydrogen (secondary N) is 2. The van der Waals surface area contributed by atoms with Crippen molar-refractivity contribution in [3.05, 3.63) is 23.8 Å². The largest absolute Gasteiger partial charge is 0.493 e. The Morgan fingerprint density at radius 2 is 1.88 bits per heavy atom. The molecule has 26 heavy (non-hydrogen) atoms. The number of benzene rings is 1. The smallest absolute Gasteiger partial charge is 0.191 e. The molecule has 1 aromatic carbocycles. The first-order chi connectivity index (χ1) is 12.7. The van der Waals surface area contributed by atoms with E-state index in [-0.39, 0.29) is 0 Å². The third-order valence-electron chi connectivity index (χ3n) is 4.60. The van der Waals surface area contributed by atoms with Crippen LogP contribution in [0.1, 0.15) is 32.3 Å². The van der Waals surface area contributed by atoms with Crippen LogP contribution < -0.4 is 20.1 Å². The Bertz CT molecular complexity index is 571. The average Bonchev–Trinajstić information content (AvgIpc) is 3.16. The van der Waals surface area contributed by atoms with Crippen LogP contribution >= 0.6 is 0 Å². The number of hydrogen-bond acceptors (Lipinski definition) is 4. The molecule has 146 valence electrons. The van der Waals surface area contributed by atoms with E-state index in [4.69, 9.17) is 14.5 Å². The zero-order chi connectivity index (χ0) is 18.8. The van der Waals surface area contributed by atoms with Gasteiger partial charge in [0.15, 0.2) is 17.5 Å². The maximum atomic E-state index is 5.36. The lowest BCUT2D eigenvalue weighted by molar-refractivity contribution is 0.287. The van der Waals surface area contributed by atoms with Crippen LogP contribution in [-0.4, -0.2) is 57.8 Å². The maximum absolute atomic E-state index is 5.36. The van der Waals surface area contributed by atoms with Crippen LogP contribution in [0.2, 0.25) is 0 Å². The van der Waals surface area contributed by atoms with Gasteiger partial charge in [0.2, 0.25) is 0 Å². The quantitative estimate of drug-likeness (QED) is 0.522. The first-order valence-corrected chi connectivity index (χ1v) is 9.61. The molecular weight excluding hydrogens is 328 g/mol. The van der Waals surface area contributed by atoms with Crippen LogP contribution in [0.15, 0.2) is 23.2 Å². The lowest BCUT2D eigenvalue weighted by Crippen LogP contribution is -2.41. The van der Waals surface area contributed by atoms with Gasteiger partial charge in [-0.1, -0.05) is 13.0 Å². The van der Waals surface area contributed by atoms with E-state index in [0.717, 1.165) is 42.7 Å². The van der Waals surface area contributed by atoms with Crippen molar-refractivity contribution >= 4 is 5.96 Å². The van der Waals surface area contributed by atoms with Crippen molar-refractivity contribution in [1.29, 1.82) is 0 Å². The fourth-order valence-corrected chi connectivity index (χ4v) is 3.23. The van der Waals surface area contributed by atoms with Crippen molar-refractivity contribution in [1.82, 2.24) is 15.5 Å². The number of methoxy groups -OCH3 is 2. The van der Waals surface area contributed by atoms with Crippen LogP contribution in [0.3, 0.4) is 0 Å². The zero-order valence-corrected chi connectivity index (χ0v) is 16.7. The van der Waals surface area contributed by atoms with Gasteiger partial charge >= 0.3 is 0 Å². The number of aliphatic imine (C=N–C) groups is 1. The second-order valence-electron chi connectivity index (χ2n) is 6.88. The van der Waals surface area contributed by atoms with E-state index >= 15 is 0 Å². The van der Waals surface area contributed by atoms with E-state index < -0.39 is 0 Å². The molecule has 1 saturated heterocycles. The van der Waals surface area contributed by atoms with E-state index in [9.17, 15) is 0 Å². The van der Waals surface area contributed by atoms with Gasteiger partial charge in [-0.05, 0) is 56.5 Å². The molecule has 2 rings (SSSR count). The lowest BCUT2D eigenvalue weighted by atomic mass is 10.1. The molecule has 0 amide bonds. The number of guanidine groups is 1. The summed E-state index contributed by atoms with van der Waals surface area (Å²) in [5, 5.41) is 6.79. The van der Waals surface area contributed by atoms with E-state index in [2.05, 4.69) is 29.4 Å². The molecule has 1 aromatic rings. The predicted octanol–water partition coefficient (Wildman–Crippen LogP) is 2.49. The summed E-state index contributed by atoms with van der Waals surface area (Å²) in [5.41, 5.74) is 1.09. The Labute approximate surface area is 158 Å². The lowest BCUT2D eigenvalue weighted by Gasteiger charge is -2.21. The molecule has 1 aliphatic heterocycles. The molecule has 0 bridgehead atoms. The van der Waals surface area contributed by atoms with Crippen LogP contribution in [0, 0.1) is 5.92 Å². The number of likely N-dealkylation sites (tertiary alicyclic amines) is 1. The van der Waals surface area contributed by atoms with E-state index in [1.54, 1.807) is 14.2 Å². The van der Waals surface area contributed by atoms with Crippen LogP contribution in [-0.2, 0) is 6.54 Å². The number of ether oxygens (including phenoxy) is 2. The highest BCUT2D eigenvalue weighted by molar-refractivity contribution is 5.79. The van der Waals surface area contributed by atoms with Crippen molar-refractivity contribution in [2.75, 3.05) is 46.9 Å². The molecule has 1 unspecified atom stereocenters. The van der Waals surface area contributed by atoms with Crippen molar-refractivity contribution in [2.45, 2.75) is 33.2 Å². The first-order valence-electron chi connectivity index (χ1n) is 9.61. The predicted molar refractivity (Wildman–Crippen MR) is 107 cm³/mol. The first kappa shape index (κ1) is 20.4. The molecule has 1 atom stereocenters. The maximum Gasteiger partial charge on any atom is 0.191 e. The van der Waals surface area contributed by atoms with E-state index in [1.165, 1.54) is 25.9 Å². The van der Waals surface area contributed by atoms with Gasteiger partial charge in [0.05, 0.1) is 20.8 Å². The highest BCUT2D eigenvalue weighted by atomic mass is 16.5. The minimum Gasteiger partial charge on any atom is -0.493 e. The van der Waals surface area contributed by atoms with Gasteiger partial charge in [0.1, 0.15) is 0 Å². The molecule has 0 spiro atoms. The molecule has 1 aliphatic rings. The normalized spacial score (nSPS) is 16.4. The summed E-state index contributed by atoms with van der Waals surface area (Å²) in [4.78, 5) is 7.26. The number of nitrogens with zero attached hydrogens (tertiary/aromatic N) is 2. The second kappa shape index (κ2) is 10.9. The van der Waals surface area contributed by atoms with Crippen LogP contribution in [0.5, 0.6) is 11.5 Å². The third-order valence-corrected chi connectivity index (χ3v) is 4.60. The standard InChI is InChI=1S/C20H34N4O2/c1-5-21-20(22-13-16(2)15-24-10-6-7-11-24)23-14-17-8-9-18(25-3)19(12-17)26-4/h8-9,12,16H,5-7,10-11,13-15H2,1-4H3,(H2,21,22,23). The summed E-state index contributed by atoms with van der Waals surface area (Å²) in [7, 11) is 3.30. The molecular formula is C20H34N4O2. The number of rotatable bonds is 9. The monoisotopic (exact) mass is 362 g/mol.